The zero-order valence-electron chi connectivity index (χ0n) is 14.3. The minimum absolute atomic E-state index is 0.227. The van der Waals surface area contributed by atoms with Crippen LogP contribution in [0.3, 0.4) is 0 Å². The highest BCUT2D eigenvalue weighted by molar-refractivity contribution is 7.17. The standard InChI is InChI=1S/C17H18ClNO5S/c1-5-23-17(22)13-8(2)14(19-9(13)3)15(20)10(4)24-16(21)11-6-7-12(18)25-11/h6-7,10,19H,5H2,1-4H3/t10-/m1/s1. The average Bonchev–Trinajstić information content (AvgIpc) is 3.10. The fourth-order valence-corrected chi connectivity index (χ4v) is 3.33. The number of nitrogens with one attached hydrogen (secondary N) is 1. The molecule has 0 saturated carbocycles. The zero-order chi connectivity index (χ0) is 18.7. The summed E-state index contributed by atoms with van der Waals surface area (Å²) in [5, 5.41) is 0. The molecule has 1 N–H and O–H groups in total. The Morgan fingerprint density at radius 1 is 1.24 bits per heavy atom. The molecule has 134 valence electrons. The first-order valence-electron chi connectivity index (χ1n) is 7.63. The van der Waals surface area contributed by atoms with Crippen LogP contribution in [-0.4, -0.2) is 35.4 Å². The molecule has 0 aliphatic carbocycles. The summed E-state index contributed by atoms with van der Waals surface area (Å²) in [5.74, 6) is -1.54. The molecule has 0 unspecified atom stereocenters. The first kappa shape index (κ1) is 19.2. The van der Waals surface area contributed by atoms with Crippen LogP contribution >= 0.6 is 22.9 Å². The van der Waals surface area contributed by atoms with Crippen LogP contribution < -0.4 is 0 Å². The predicted octanol–water partition coefficient (Wildman–Crippen LogP) is 3.95. The third-order valence-corrected chi connectivity index (χ3v) is 4.80. The van der Waals surface area contributed by atoms with Gasteiger partial charge in [0.15, 0.2) is 6.10 Å². The predicted molar refractivity (Wildman–Crippen MR) is 94.8 cm³/mol. The second-order valence-electron chi connectivity index (χ2n) is 5.36. The highest BCUT2D eigenvalue weighted by Gasteiger charge is 2.28. The van der Waals surface area contributed by atoms with Gasteiger partial charge in [-0.2, -0.15) is 0 Å². The van der Waals surface area contributed by atoms with Gasteiger partial charge in [0, 0.05) is 5.69 Å². The SMILES string of the molecule is CCOC(=O)c1c(C)[nH]c(C(=O)[C@@H](C)OC(=O)c2ccc(Cl)s2)c1C. The highest BCUT2D eigenvalue weighted by Crippen LogP contribution is 2.24. The van der Waals surface area contributed by atoms with Crippen molar-refractivity contribution >= 4 is 40.7 Å². The molecule has 0 spiro atoms. The van der Waals surface area contributed by atoms with Gasteiger partial charge in [0.25, 0.3) is 0 Å². The van der Waals surface area contributed by atoms with Gasteiger partial charge in [-0.05, 0) is 45.4 Å². The maximum atomic E-state index is 12.6. The van der Waals surface area contributed by atoms with Crippen LogP contribution in [0.15, 0.2) is 12.1 Å². The fraction of sp³-hybridized carbons (Fsp3) is 0.353. The Labute approximate surface area is 154 Å². The molecule has 2 heterocycles. The lowest BCUT2D eigenvalue weighted by atomic mass is 10.1. The molecule has 8 heteroatoms. The summed E-state index contributed by atoms with van der Waals surface area (Å²) in [7, 11) is 0. The lowest BCUT2D eigenvalue weighted by Gasteiger charge is -2.11. The number of carbonyl (C=O) groups is 3. The molecule has 0 radical (unpaired) electrons. The number of rotatable bonds is 6. The summed E-state index contributed by atoms with van der Waals surface area (Å²) in [6, 6.07) is 3.12. The lowest BCUT2D eigenvalue weighted by molar-refractivity contribution is 0.0321. The van der Waals surface area contributed by atoms with Gasteiger partial charge in [0.2, 0.25) is 5.78 Å². The molecule has 0 aromatic carbocycles. The van der Waals surface area contributed by atoms with Crippen molar-refractivity contribution in [3.8, 4) is 0 Å². The smallest absolute Gasteiger partial charge is 0.349 e. The molecule has 0 saturated heterocycles. The number of hydrogen-bond donors (Lipinski definition) is 1. The number of ether oxygens (including phenoxy) is 2. The number of esters is 2. The van der Waals surface area contributed by atoms with Crippen molar-refractivity contribution < 1.29 is 23.9 Å². The van der Waals surface area contributed by atoms with E-state index in [-0.39, 0.29) is 12.3 Å². The second kappa shape index (κ2) is 7.84. The lowest BCUT2D eigenvalue weighted by Crippen LogP contribution is -2.25. The van der Waals surface area contributed by atoms with E-state index in [1.54, 1.807) is 26.8 Å². The molecule has 2 aromatic rings. The second-order valence-corrected chi connectivity index (χ2v) is 7.08. The quantitative estimate of drug-likeness (QED) is 0.603. The summed E-state index contributed by atoms with van der Waals surface area (Å²) in [6.45, 7) is 6.76. The third kappa shape index (κ3) is 4.11. The fourth-order valence-electron chi connectivity index (χ4n) is 2.41. The summed E-state index contributed by atoms with van der Waals surface area (Å²) in [6.07, 6.45) is -1.01. The van der Waals surface area contributed by atoms with E-state index in [2.05, 4.69) is 4.98 Å². The Morgan fingerprint density at radius 3 is 2.48 bits per heavy atom. The molecule has 6 nitrogen and oxygen atoms in total. The molecule has 0 fully saturated rings. The molecule has 0 amide bonds. The van der Waals surface area contributed by atoms with Gasteiger partial charge in [0.1, 0.15) is 4.88 Å². The molecular formula is C17H18ClNO5S. The van der Waals surface area contributed by atoms with E-state index in [0.29, 0.717) is 26.0 Å². The van der Waals surface area contributed by atoms with Crippen LogP contribution in [0.2, 0.25) is 4.34 Å². The van der Waals surface area contributed by atoms with Gasteiger partial charge in [-0.3, -0.25) is 4.79 Å². The van der Waals surface area contributed by atoms with Crippen molar-refractivity contribution in [3.63, 3.8) is 0 Å². The normalized spacial score (nSPS) is 11.9. The van der Waals surface area contributed by atoms with Crippen LogP contribution in [0.25, 0.3) is 0 Å². The number of ketones is 1. The van der Waals surface area contributed by atoms with Gasteiger partial charge >= 0.3 is 11.9 Å². The van der Waals surface area contributed by atoms with E-state index in [1.807, 2.05) is 0 Å². The zero-order valence-corrected chi connectivity index (χ0v) is 15.8. The first-order chi connectivity index (χ1) is 11.8. The van der Waals surface area contributed by atoms with Gasteiger partial charge in [0.05, 0.1) is 22.2 Å². The van der Waals surface area contributed by atoms with Gasteiger partial charge in [-0.25, -0.2) is 9.59 Å². The van der Waals surface area contributed by atoms with E-state index in [1.165, 1.54) is 13.0 Å². The van der Waals surface area contributed by atoms with Crippen molar-refractivity contribution in [1.29, 1.82) is 0 Å². The Bertz CT molecular complexity index is 823. The van der Waals surface area contributed by atoms with Gasteiger partial charge in [-0.15, -0.1) is 11.3 Å². The number of halogens is 1. The van der Waals surface area contributed by atoms with Crippen LogP contribution in [0.4, 0.5) is 0 Å². The Morgan fingerprint density at radius 2 is 1.92 bits per heavy atom. The summed E-state index contributed by atoms with van der Waals surface area (Å²) >= 11 is 6.87. The summed E-state index contributed by atoms with van der Waals surface area (Å²) in [5.41, 5.74) is 1.56. The molecule has 25 heavy (non-hydrogen) atoms. The molecular weight excluding hydrogens is 366 g/mol. The van der Waals surface area contributed by atoms with E-state index in [0.717, 1.165) is 11.3 Å². The minimum atomic E-state index is -1.01. The first-order valence-corrected chi connectivity index (χ1v) is 8.82. The van der Waals surface area contributed by atoms with Crippen LogP contribution in [-0.2, 0) is 9.47 Å². The molecule has 0 bridgehead atoms. The number of carbonyl (C=O) groups excluding carboxylic acids is 3. The number of H-pyrrole nitrogens is 1. The maximum Gasteiger partial charge on any atom is 0.349 e. The number of thiophene rings is 1. The van der Waals surface area contributed by atoms with Crippen molar-refractivity contribution in [1.82, 2.24) is 4.98 Å². The Hall–Kier alpha value is -2.12. The van der Waals surface area contributed by atoms with Crippen LogP contribution in [0.5, 0.6) is 0 Å². The van der Waals surface area contributed by atoms with E-state index < -0.39 is 23.8 Å². The van der Waals surface area contributed by atoms with E-state index in [9.17, 15) is 14.4 Å². The topological polar surface area (TPSA) is 85.5 Å². The average molecular weight is 384 g/mol. The minimum Gasteiger partial charge on any atom is -0.462 e. The molecule has 2 aromatic heterocycles. The molecule has 1 atom stereocenters. The van der Waals surface area contributed by atoms with E-state index >= 15 is 0 Å². The largest absolute Gasteiger partial charge is 0.462 e. The molecule has 0 aliphatic rings. The monoisotopic (exact) mass is 383 g/mol. The number of hydrogen-bond acceptors (Lipinski definition) is 6. The van der Waals surface area contributed by atoms with Crippen molar-refractivity contribution in [2.24, 2.45) is 0 Å². The van der Waals surface area contributed by atoms with Crippen LogP contribution in [0, 0.1) is 13.8 Å². The van der Waals surface area contributed by atoms with Crippen molar-refractivity contribution in [3.05, 3.63) is 43.9 Å². The Kier molecular flexibility index (Phi) is 6.02. The highest BCUT2D eigenvalue weighted by atomic mass is 35.5. The summed E-state index contributed by atoms with van der Waals surface area (Å²) < 4.78 is 10.7. The Balaban J connectivity index is 2.18. The molecule has 0 aliphatic heterocycles. The molecule has 2 rings (SSSR count). The maximum absolute atomic E-state index is 12.6. The van der Waals surface area contributed by atoms with Crippen molar-refractivity contribution in [2.75, 3.05) is 6.61 Å². The number of aryl methyl sites for hydroxylation is 1. The van der Waals surface area contributed by atoms with Gasteiger partial charge in [-0.1, -0.05) is 11.6 Å². The van der Waals surface area contributed by atoms with Crippen LogP contribution in [0.1, 0.15) is 55.6 Å². The van der Waals surface area contributed by atoms with Gasteiger partial charge < -0.3 is 14.5 Å². The number of aromatic amines is 1. The number of Topliss-reactive ketones (excluding diaryl/α,β-unsaturated/α-hetero) is 1. The number of aromatic nitrogens is 1. The third-order valence-electron chi connectivity index (χ3n) is 3.59. The summed E-state index contributed by atoms with van der Waals surface area (Å²) in [4.78, 5) is 39.9. The van der Waals surface area contributed by atoms with E-state index in [4.69, 9.17) is 21.1 Å². The van der Waals surface area contributed by atoms with Crippen molar-refractivity contribution in [2.45, 2.75) is 33.8 Å².